The molecule has 0 aliphatic rings. The number of ether oxygens (including phenoxy) is 2. The van der Waals surface area contributed by atoms with Gasteiger partial charge in [-0.05, 0) is 18.2 Å². The molecule has 0 fully saturated rings. The first-order chi connectivity index (χ1) is 8.20. The summed E-state index contributed by atoms with van der Waals surface area (Å²) in [6.45, 7) is 0. The van der Waals surface area contributed by atoms with Crippen molar-refractivity contribution in [2.75, 3.05) is 12.8 Å². The van der Waals surface area contributed by atoms with Crippen LogP contribution in [0.1, 0.15) is 0 Å². The predicted octanol–water partition coefficient (Wildman–Crippen LogP) is 3.72. The lowest BCUT2D eigenvalue weighted by Crippen LogP contribution is -1.94. The Morgan fingerprint density at radius 3 is 2.41 bits per heavy atom. The minimum atomic E-state index is 0.463. The molecular weight excluding hydrogens is 238 g/mol. The van der Waals surface area contributed by atoms with Crippen molar-refractivity contribution in [3.05, 3.63) is 47.5 Å². The SMILES string of the molecule is COc1cc(Oc2ccccc2)c(N)cc1Cl. The summed E-state index contributed by atoms with van der Waals surface area (Å²) in [5, 5.41) is 0.463. The highest BCUT2D eigenvalue weighted by Crippen LogP contribution is 2.36. The maximum Gasteiger partial charge on any atom is 0.154 e. The van der Waals surface area contributed by atoms with E-state index in [0.29, 0.717) is 28.0 Å². The van der Waals surface area contributed by atoms with Crippen LogP contribution in [0.15, 0.2) is 42.5 Å². The van der Waals surface area contributed by atoms with Gasteiger partial charge >= 0.3 is 0 Å². The van der Waals surface area contributed by atoms with Gasteiger partial charge in [0, 0.05) is 6.07 Å². The third kappa shape index (κ3) is 2.63. The molecule has 4 heteroatoms. The standard InChI is InChI=1S/C13H12ClNO2/c1-16-12-8-13(11(15)7-10(12)14)17-9-5-3-2-4-6-9/h2-8H,15H2,1H3. The van der Waals surface area contributed by atoms with E-state index in [4.69, 9.17) is 26.8 Å². The molecule has 0 heterocycles. The molecule has 0 bridgehead atoms. The fourth-order valence-corrected chi connectivity index (χ4v) is 1.66. The number of halogens is 1. The lowest BCUT2D eigenvalue weighted by Gasteiger charge is -2.11. The molecule has 0 atom stereocenters. The van der Waals surface area contributed by atoms with Crippen LogP contribution in [0.5, 0.6) is 17.2 Å². The molecule has 0 aliphatic carbocycles. The van der Waals surface area contributed by atoms with Crippen LogP contribution in [0.3, 0.4) is 0 Å². The van der Waals surface area contributed by atoms with Gasteiger partial charge in [-0.2, -0.15) is 0 Å². The minimum Gasteiger partial charge on any atom is -0.495 e. The molecule has 2 N–H and O–H groups in total. The fourth-order valence-electron chi connectivity index (χ4n) is 1.41. The van der Waals surface area contributed by atoms with Crippen molar-refractivity contribution in [2.24, 2.45) is 0 Å². The first-order valence-electron chi connectivity index (χ1n) is 5.06. The number of anilines is 1. The Labute approximate surface area is 105 Å². The topological polar surface area (TPSA) is 44.5 Å². The first-order valence-corrected chi connectivity index (χ1v) is 5.44. The van der Waals surface area contributed by atoms with Crippen LogP contribution in [-0.2, 0) is 0 Å². The summed E-state index contributed by atoms with van der Waals surface area (Å²) >= 11 is 5.94. The molecule has 0 amide bonds. The average Bonchev–Trinajstić information content (AvgIpc) is 2.34. The van der Waals surface area contributed by atoms with Gasteiger partial charge in [0.25, 0.3) is 0 Å². The Kier molecular flexibility index (Phi) is 3.40. The fraction of sp³-hybridized carbons (Fsp3) is 0.0769. The predicted molar refractivity (Wildman–Crippen MR) is 68.9 cm³/mol. The summed E-state index contributed by atoms with van der Waals surface area (Å²) in [6, 6.07) is 12.7. The number of hydrogen-bond acceptors (Lipinski definition) is 3. The van der Waals surface area contributed by atoms with E-state index in [0.717, 1.165) is 0 Å². The second kappa shape index (κ2) is 4.97. The van der Waals surface area contributed by atoms with Crippen LogP contribution in [0.4, 0.5) is 5.69 Å². The number of nitrogen functional groups attached to an aromatic ring is 1. The van der Waals surface area contributed by atoms with Crippen LogP contribution in [0.2, 0.25) is 5.02 Å². The van der Waals surface area contributed by atoms with Gasteiger partial charge in [0.1, 0.15) is 11.5 Å². The molecule has 17 heavy (non-hydrogen) atoms. The summed E-state index contributed by atoms with van der Waals surface area (Å²) in [5.74, 6) is 1.77. The van der Waals surface area contributed by atoms with Crippen LogP contribution in [0.25, 0.3) is 0 Å². The van der Waals surface area contributed by atoms with Gasteiger partial charge in [-0.3, -0.25) is 0 Å². The second-order valence-corrected chi connectivity index (χ2v) is 3.85. The minimum absolute atomic E-state index is 0.463. The maximum absolute atomic E-state index is 5.94. The molecular formula is C13H12ClNO2. The van der Waals surface area contributed by atoms with Crippen molar-refractivity contribution < 1.29 is 9.47 Å². The summed E-state index contributed by atoms with van der Waals surface area (Å²) < 4.78 is 10.8. The number of hydrogen-bond donors (Lipinski definition) is 1. The molecule has 0 saturated carbocycles. The zero-order chi connectivity index (χ0) is 12.3. The lowest BCUT2D eigenvalue weighted by molar-refractivity contribution is 0.409. The van der Waals surface area contributed by atoms with Gasteiger partial charge in [0.15, 0.2) is 5.75 Å². The van der Waals surface area contributed by atoms with E-state index in [-0.39, 0.29) is 0 Å². The molecule has 2 aromatic carbocycles. The highest BCUT2D eigenvalue weighted by atomic mass is 35.5. The van der Waals surface area contributed by atoms with Gasteiger partial charge in [0.05, 0.1) is 17.8 Å². The zero-order valence-corrected chi connectivity index (χ0v) is 10.1. The van der Waals surface area contributed by atoms with Crippen molar-refractivity contribution in [3.63, 3.8) is 0 Å². The maximum atomic E-state index is 5.94. The van der Waals surface area contributed by atoms with Crippen LogP contribution in [-0.4, -0.2) is 7.11 Å². The molecule has 0 saturated heterocycles. The van der Waals surface area contributed by atoms with Crippen molar-refractivity contribution in [3.8, 4) is 17.2 Å². The number of methoxy groups -OCH3 is 1. The molecule has 3 nitrogen and oxygen atoms in total. The lowest BCUT2D eigenvalue weighted by atomic mass is 10.2. The summed E-state index contributed by atoms with van der Waals surface area (Å²) in [6.07, 6.45) is 0. The quantitative estimate of drug-likeness (QED) is 0.843. The number of rotatable bonds is 3. The van der Waals surface area contributed by atoms with Gasteiger partial charge in [0.2, 0.25) is 0 Å². The summed E-state index contributed by atoms with van der Waals surface area (Å²) in [7, 11) is 1.55. The van der Waals surface area contributed by atoms with Crippen LogP contribution in [0, 0.1) is 0 Å². The molecule has 0 spiro atoms. The summed E-state index contributed by atoms with van der Waals surface area (Å²) in [5.41, 5.74) is 6.30. The van der Waals surface area contributed by atoms with Gasteiger partial charge in [-0.25, -0.2) is 0 Å². The second-order valence-electron chi connectivity index (χ2n) is 3.44. The molecule has 0 aromatic heterocycles. The van der Waals surface area contributed by atoms with E-state index in [9.17, 15) is 0 Å². The van der Waals surface area contributed by atoms with Crippen LogP contribution >= 0.6 is 11.6 Å². The number of nitrogens with two attached hydrogens (primary N) is 1. The van der Waals surface area contributed by atoms with Crippen molar-refractivity contribution in [1.82, 2.24) is 0 Å². The van der Waals surface area contributed by atoms with E-state index in [1.807, 2.05) is 30.3 Å². The first kappa shape index (κ1) is 11.6. The zero-order valence-electron chi connectivity index (χ0n) is 9.31. The Balaban J connectivity index is 2.33. The van der Waals surface area contributed by atoms with E-state index in [1.54, 1.807) is 19.2 Å². The third-order valence-corrected chi connectivity index (χ3v) is 2.55. The van der Waals surface area contributed by atoms with Crippen molar-refractivity contribution in [2.45, 2.75) is 0 Å². The molecule has 2 aromatic rings. The Bertz CT molecular complexity index is 514. The van der Waals surface area contributed by atoms with E-state index < -0.39 is 0 Å². The number of benzene rings is 2. The largest absolute Gasteiger partial charge is 0.495 e. The molecule has 2 rings (SSSR count). The Morgan fingerprint density at radius 1 is 1.06 bits per heavy atom. The van der Waals surface area contributed by atoms with E-state index >= 15 is 0 Å². The van der Waals surface area contributed by atoms with Crippen molar-refractivity contribution in [1.29, 1.82) is 0 Å². The third-order valence-electron chi connectivity index (χ3n) is 2.26. The average molecular weight is 250 g/mol. The highest BCUT2D eigenvalue weighted by molar-refractivity contribution is 6.32. The van der Waals surface area contributed by atoms with Gasteiger partial charge in [-0.1, -0.05) is 29.8 Å². The Morgan fingerprint density at radius 2 is 1.76 bits per heavy atom. The van der Waals surface area contributed by atoms with E-state index in [2.05, 4.69) is 0 Å². The Hall–Kier alpha value is -1.87. The number of para-hydroxylation sites is 1. The van der Waals surface area contributed by atoms with E-state index in [1.165, 1.54) is 0 Å². The molecule has 88 valence electrons. The summed E-state index contributed by atoms with van der Waals surface area (Å²) in [4.78, 5) is 0. The van der Waals surface area contributed by atoms with Crippen molar-refractivity contribution >= 4 is 17.3 Å². The normalized spacial score (nSPS) is 10.0. The highest BCUT2D eigenvalue weighted by Gasteiger charge is 2.08. The molecule has 0 aliphatic heterocycles. The van der Waals surface area contributed by atoms with Gasteiger partial charge in [-0.15, -0.1) is 0 Å². The molecule has 0 radical (unpaired) electrons. The van der Waals surface area contributed by atoms with Crippen LogP contribution < -0.4 is 15.2 Å². The molecule has 0 unspecified atom stereocenters. The van der Waals surface area contributed by atoms with Gasteiger partial charge < -0.3 is 15.2 Å². The monoisotopic (exact) mass is 249 g/mol. The smallest absolute Gasteiger partial charge is 0.154 e.